The van der Waals surface area contributed by atoms with Gasteiger partial charge >= 0.3 is 0 Å². The number of rotatable bonds is 4. The molecule has 0 aliphatic carbocycles. The molecule has 1 saturated heterocycles. The van der Waals surface area contributed by atoms with E-state index in [-0.39, 0.29) is 5.82 Å². The molecule has 1 aromatic rings. The molecule has 1 heterocycles. The molecule has 0 radical (unpaired) electrons. The quantitative estimate of drug-likeness (QED) is 0.884. The third-order valence-corrected chi connectivity index (χ3v) is 3.92. The molecule has 1 aliphatic rings. The Bertz CT molecular complexity index is 355. The maximum absolute atomic E-state index is 12.8. The number of hydrogen-bond donors (Lipinski definition) is 1. The Kier molecular flexibility index (Phi) is 4.72. The molecule has 1 aromatic carbocycles. The molecule has 18 heavy (non-hydrogen) atoms. The first kappa shape index (κ1) is 13.5. The SMILES string of the molecule is C[C@@H](NCC1CCN(C)CC1)c1ccc(F)cc1. The normalized spacial score (nSPS) is 19.9. The number of likely N-dealkylation sites (tertiary alicyclic amines) is 1. The molecule has 0 spiro atoms. The predicted octanol–water partition coefficient (Wildman–Crippen LogP) is 2.82. The zero-order chi connectivity index (χ0) is 13.0. The van der Waals surface area contributed by atoms with Crippen molar-refractivity contribution in [3.05, 3.63) is 35.6 Å². The van der Waals surface area contributed by atoms with Crippen LogP contribution in [0.1, 0.15) is 31.4 Å². The van der Waals surface area contributed by atoms with Crippen LogP contribution >= 0.6 is 0 Å². The summed E-state index contributed by atoms with van der Waals surface area (Å²) in [4.78, 5) is 2.39. The van der Waals surface area contributed by atoms with Crippen LogP contribution in [0.4, 0.5) is 4.39 Å². The summed E-state index contributed by atoms with van der Waals surface area (Å²) in [6.45, 7) is 5.61. The second-order valence-electron chi connectivity index (χ2n) is 5.43. The second-order valence-corrected chi connectivity index (χ2v) is 5.43. The first-order valence-electron chi connectivity index (χ1n) is 6.82. The molecular weight excluding hydrogens is 227 g/mol. The van der Waals surface area contributed by atoms with Crippen LogP contribution in [0.5, 0.6) is 0 Å². The number of hydrogen-bond acceptors (Lipinski definition) is 2. The van der Waals surface area contributed by atoms with Crippen molar-refractivity contribution in [3.63, 3.8) is 0 Å². The average Bonchev–Trinajstić information content (AvgIpc) is 2.38. The van der Waals surface area contributed by atoms with E-state index in [1.54, 1.807) is 0 Å². The van der Waals surface area contributed by atoms with Crippen molar-refractivity contribution in [1.29, 1.82) is 0 Å². The molecule has 1 atom stereocenters. The van der Waals surface area contributed by atoms with Crippen LogP contribution in [-0.4, -0.2) is 31.6 Å². The van der Waals surface area contributed by atoms with Crippen molar-refractivity contribution >= 4 is 0 Å². The largest absolute Gasteiger partial charge is 0.310 e. The lowest BCUT2D eigenvalue weighted by atomic mass is 9.96. The minimum Gasteiger partial charge on any atom is -0.310 e. The number of piperidine rings is 1. The van der Waals surface area contributed by atoms with Gasteiger partial charge in [-0.1, -0.05) is 12.1 Å². The summed E-state index contributed by atoms with van der Waals surface area (Å²) < 4.78 is 12.8. The van der Waals surface area contributed by atoms with Crippen LogP contribution in [0.25, 0.3) is 0 Å². The summed E-state index contributed by atoms with van der Waals surface area (Å²) >= 11 is 0. The average molecular weight is 250 g/mol. The fourth-order valence-corrected chi connectivity index (χ4v) is 2.48. The predicted molar refractivity (Wildman–Crippen MR) is 73.0 cm³/mol. The molecule has 3 heteroatoms. The Hall–Kier alpha value is -0.930. The third kappa shape index (κ3) is 3.79. The van der Waals surface area contributed by atoms with Gasteiger partial charge in [0, 0.05) is 6.04 Å². The van der Waals surface area contributed by atoms with E-state index >= 15 is 0 Å². The van der Waals surface area contributed by atoms with Gasteiger partial charge in [0.25, 0.3) is 0 Å². The second kappa shape index (κ2) is 6.30. The summed E-state index contributed by atoms with van der Waals surface area (Å²) in [6, 6.07) is 7.08. The lowest BCUT2D eigenvalue weighted by molar-refractivity contribution is 0.213. The first-order chi connectivity index (χ1) is 8.65. The van der Waals surface area contributed by atoms with Crippen molar-refractivity contribution in [3.8, 4) is 0 Å². The van der Waals surface area contributed by atoms with Gasteiger partial charge in [-0.2, -0.15) is 0 Å². The minimum atomic E-state index is -0.165. The van der Waals surface area contributed by atoms with Crippen LogP contribution in [0.15, 0.2) is 24.3 Å². The summed E-state index contributed by atoms with van der Waals surface area (Å²) in [6.07, 6.45) is 2.55. The van der Waals surface area contributed by atoms with Crippen molar-refractivity contribution < 1.29 is 4.39 Å². The van der Waals surface area contributed by atoms with Crippen LogP contribution < -0.4 is 5.32 Å². The van der Waals surface area contributed by atoms with Crippen LogP contribution in [0, 0.1) is 11.7 Å². The highest BCUT2D eigenvalue weighted by Gasteiger charge is 2.17. The molecule has 0 unspecified atom stereocenters. The number of nitrogens with one attached hydrogen (secondary N) is 1. The maximum Gasteiger partial charge on any atom is 0.123 e. The van der Waals surface area contributed by atoms with Gasteiger partial charge in [-0.05, 0) is 70.1 Å². The summed E-state index contributed by atoms with van der Waals surface area (Å²) in [7, 11) is 2.19. The zero-order valence-corrected chi connectivity index (χ0v) is 11.3. The van der Waals surface area contributed by atoms with Gasteiger partial charge in [-0.15, -0.1) is 0 Å². The molecule has 100 valence electrons. The molecule has 0 bridgehead atoms. The van der Waals surface area contributed by atoms with E-state index in [0.717, 1.165) is 18.0 Å². The zero-order valence-electron chi connectivity index (χ0n) is 11.3. The van der Waals surface area contributed by atoms with E-state index in [9.17, 15) is 4.39 Å². The molecule has 2 rings (SSSR count). The Morgan fingerprint density at radius 2 is 1.89 bits per heavy atom. The van der Waals surface area contributed by atoms with Gasteiger partial charge in [0.05, 0.1) is 0 Å². The number of nitrogens with zero attached hydrogens (tertiary/aromatic N) is 1. The van der Waals surface area contributed by atoms with Gasteiger partial charge in [-0.3, -0.25) is 0 Å². The summed E-state index contributed by atoms with van der Waals surface area (Å²) in [5.41, 5.74) is 1.16. The molecule has 0 saturated carbocycles. The molecule has 1 N–H and O–H groups in total. The van der Waals surface area contributed by atoms with Crippen molar-refractivity contribution in [2.24, 2.45) is 5.92 Å². The van der Waals surface area contributed by atoms with Crippen molar-refractivity contribution in [2.75, 3.05) is 26.7 Å². The van der Waals surface area contributed by atoms with E-state index in [0.29, 0.717) is 6.04 Å². The highest BCUT2D eigenvalue weighted by Crippen LogP contribution is 2.17. The molecule has 0 aromatic heterocycles. The van der Waals surface area contributed by atoms with Gasteiger partial charge in [0.1, 0.15) is 5.82 Å². The standard InChI is InChI=1S/C15H23FN2/c1-12(14-3-5-15(16)6-4-14)17-11-13-7-9-18(2)10-8-13/h3-6,12-13,17H,7-11H2,1-2H3/t12-/m1/s1. The van der Waals surface area contributed by atoms with Crippen molar-refractivity contribution in [1.82, 2.24) is 10.2 Å². The van der Waals surface area contributed by atoms with E-state index < -0.39 is 0 Å². The molecule has 1 aliphatic heterocycles. The molecule has 1 fully saturated rings. The van der Waals surface area contributed by atoms with Crippen LogP contribution in [0.3, 0.4) is 0 Å². The maximum atomic E-state index is 12.8. The van der Waals surface area contributed by atoms with Gasteiger partial charge in [-0.25, -0.2) is 4.39 Å². The smallest absolute Gasteiger partial charge is 0.123 e. The third-order valence-electron chi connectivity index (χ3n) is 3.92. The number of benzene rings is 1. The lowest BCUT2D eigenvalue weighted by Gasteiger charge is -2.30. The van der Waals surface area contributed by atoms with Crippen LogP contribution in [0.2, 0.25) is 0 Å². The van der Waals surface area contributed by atoms with E-state index in [1.165, 1.54) is 38.1 Å². The topological polar surface area (TPSA) is 15.3 Å². The fourth-order valence-electron chi connectivity index (χ4n) is 2.48. The van der Waals surface area contributed by atoms with Crippen LogP contribution in [-0.2, 0) is 0 Å². The Balaban J connectivity index is 1.77. The Morgan fingerprint density at radius 3 is 2.50 bits per heavy atom. The molecule has 2 nitrogen and oxygen atoms in total. The minimum absolute atomic E-state index is 0.165. The summed E-state index contributed by atoms with van der Waals surface area (Å²) in [5, 5.41) is 3.56. The van der Waals surface area contributed by atoms with Gasteiger partial charge < -0.3 is 10.2 Å². The monoisotopic (exact) mass is 250 g/mol. The number of halogens is 1. The van der Waals surface area contributed by atoms with E-state index in [1.807, 2.05) is 12.1 Å². The first-order valence-corrected chi connectivity index (χ1v) is 6.82. The fraction of sp³-hybridized carbons (Fsp3) is 0.600. The summed E-state index contributed by atoms with van der Waals surface area (Å²) in [5.74, 6) is 0.616. The lowest BCUT2D eigenvalue weighted by Crippen LogP contribution is -2.35. The Morgan fingerprint density at radius 1 is 1.28 bits per heavy atom. The van der Waals surface area contributed by atoms with E-state index in [2.05, 4.69) is 24.2 Å². The highest BCUT2D eigenvalue weighted by molar-refractivity contribution is 5.19. The Labute approximate surface area is 109 Å². The van der Waals surface area contributed by atoms with E-state index in [4.69, 9.17) is 0 Å². The molecular formula is C15H23FN2. The van der Waals surface area contributed by atoms with Gasteiger partial charge in [0.2, 0.25) is 0 Å². The van der Waals surface area contributed by atoms with Crippen molar-refractivity contribution in [2.45, 2.75) is 25.8 Å². The molecule has 0 amide bonds. The highest BCUT2D eigenvalue weighted by atomic mass is 19.1. The van der Waals surface area contributed by atoms with Gasteiger partial charge in [0.15, 0.2) is 0 Å².